The van der Waals surface area contributed by atoms with Crippen LogP contribution in [0.3, 0.4) is 0 Å². The maximum atomic E-state index is 9.53. The molecule has 0 aliphatic rings. The van der Waals surface area contributed by atoms with Crippen LogP contribution in [-0.4, -0.2) is 5.11 Å². The van der Waals surface area contributed by atoms with Gasteiger partial charge in [-0.3, -0.25) is 0 Å². The largest absolute Gasteiger partial charge is 0.508 e. The van der Waals surface area contributed by atoms with Gasteiger partial charge in [0.2, 0.25) is 0 Å². The number of phenolic OH excluding ortho intramolecular Hbond substituents is 1. The molecule has 0 atom stereocenters. The molecule has 3 nitrogen and oxygen atoms in total. The molecule has 0 aromatic heterocycles. The predicted molar refractivity (Wildman–Crippen MR) is 68.2 cm³/mol. The molecule has 2 aromatic rings. The first-order chi connectivity index (χ1) is 8.15. The van der Waals surface area contributed by atoms with Crippen LogP contribution in [0.2, 0.25) is 0 Å². The number of nitrogens with zero attached hydrogens (tertiary/aromatic N) is 2. The van der Waals surface area contributed by atoms with Crippen LogP contribution in [0.25, 0.3) is 0 Å². The Bertz CT molecular complexity index is 545. The summed E-state index contributed by atoms with van der Waals surface area (Å²) in [5.74, 6) is 0.241. The molecule has 3 heteroatoms. The molecule has 0 unspecified atom stereocenters. The molecule has 1 N–H and O–H groups in total. The molecule has 0 bridgehead atoms. The summed E-state index contributed by atoms with van der Waals surface area (Å²) in [5.41, 5.74) is 3.47. The van der Waals surface area contributed by atoms with Gasteiger partial charge >= 0.3 is 0 Å². The smallest absolute Gasteiger partial charge is 0.120 e. The van der Waals surface area contributed by atoms with Crippen LogP contribution in [-0.2, 0) is 0 Å². The van der Waals surface area contributed by atoms with Gasteiger partial charge < -0.3 is 5.11 Å². The van der Waals surface area contributed by atoms with E-state index < -0.39 is 0 Å². The molecule has 0 aliphatic carbocycles. The number of aryl methyl sites for hydroxylation is 2. The zero-order valence-corrected chi connectivity index (χ0v) is 9.88. The van der Waals surface area contributed by atoms with Crippen molar-refractivity contribution in [3.05, 3.63) is 53.6 Å². The average Bonchev–Trinajstić information content (AvgIpc) is 2.33. The van der Waals surface area contributed by atoms with Gasteiger partial charge in [0.05, 0.1) is 11.4 Å². The van der Waals surface area contributed by atoms with Crippen molar-refractivity contribution >= 4 is 11.4 Å². The Labute approximate surface area is 100 Å². The first-order valence-electron chi connectivity index (χ1n) is 5.43. The molecule has 2 rings (SSSR count). The number of aromatic hydroxyl groups is 1. The second kappa shape index (κ2) is 4.78. The number of benzene rings is 2. The van der Waals surface area contributed by atoms with E-state index in [9.17, 15) is 5.11 Å². The van der Waals surface area contributed by atoms with E-state index in [1.54, 1.807) is 6.07 Å². The highest BCUT2D eigenvalue weighted by molar-refractivity contribution is 5.47. The van der Waals surface area contributed by atoms with Crippen LogP contribution in [0.1, 0.15) is 11.1 Å². The quantitative estimate of drug-likeness (QED) is 0.756. The van der Waals surface area contributed by atoms with Gasteiger partial charge in [0.15, 0.2) is 0 Å². The van der Waals surface area contributed by atoms with Crippen molar-refractivity contribution in [3.8, 4) is 5.75 Å². The Morgan fingerprint density at radius 1 is 0.824 bits per heavy atom. The number of hydrogen-bond donors (Lipinski definition) is 1. The maximum absolute atomic E-state index is 9.53. The van der Waals surface area contributed by atoms with E-state index in [0.717, 1.165) is 11.3 Å². The minimum Gasteiger partial charge on any atom is -0.508 e. The molecule has 0 fully saturated rings. The van der Waals surface area contributed by atoms with E-state index in [1.165, 1.54) is 5.56 Å². The number of azo groups is 1. The van der Waals surface area contributed by atoms with Crippen LogP contribution < -0.4 is 0 Å². The Hall–Kier alpha value is -2.16. The highest BCUT2D eigenvalue weighted by Gasteiger charge is 1.97. The van der Waals surface area contributed by atoms with Crippen molar-refractivity contribution in [1.82, 2.24) is 0 Å². The fraction of sp³-hybridized carbons (Fsp3) is 0.143. The molecule has 0 aliphatic heterocycles. The highest BCUT2D eigenvalue weighted by Crippen LogP contribution is 2.24. The zero-order valence-electron chi connectivity index (χ0n) is 9.88. The van der Waals surface area contributed by atoms with Crippen molar-refractivity contribution in [2.75, 3.05) is 0 Å². The summed E-state index contributed by atoms with van der Waals surface area (Å²) in [7, 11) is 0. The van der Waals surface area contributed by atoms with E-state index in [4.69, 9.17) is 0 Å². The summed E-state index contributed by atoms with van der Waals surface area (Å²) < 4.78 is 0. The van der Waals surface area contributed by atoms with Crippen LogP contribution in [0.5, 0.6) is 5.75 Å². The molecular formula is C14H14N2O. The van der Waals surface area contributed by atoms with Gasteiger partial charge in [0, 0.05) is 6.07 Å². The summed E-state index contributed by atoms with van der Waals surface area (Å²) in [6, 6.07) is 13.0. The first-order valence-corrected chi connectivity index (χ1v) is 5.43. The first kappa shape index (κ1) is 11.3. The second-order valence-electron chi connectivity index (χ2n) is 4.01. The average molecular weight is 226 g/mol. The van der Waals surface area contributed by atoms with Crippen LogP contribution >= 0.6 is 0 Å². The number of rotatable bonds is 2. The molecule has 17 heavy (non-hydrogen) atoms. The highest BCUT2D eigenvalue weighted by atomic mass is 16.3. The van der Waals surface area contributed by atoms with Gasteiger partial charge in [0.25, 0.3) is 0 Å². The van der Waals surface area contributed by atoms with E-state index in [0.29, 0.717) is 5.69 Å². The third kappa shape index (κ3) is 2.91. The lowest BCUT2D eigenvalue weighted by Gasteiger charge is -1.98. The van der Waals surface area contributed by atoms with E-state index >= 15 is 0 Å². The lowest BCUT2D eigenvalue weighted by Crippen LogP contribution is -1.72. The van der Waals surface area contributed by atoms with Gasteiger partial charge in [-0.1, -0.05) is 23.8 Å². The SMILES string of the molecule is Cc1ccc(N=Nc2ccc(C)c(O)c2)cc1. The van der Waals surface area contributed by atoms with Crippen LogP contribution in [0, 0.1) is 13.8 Å². The van der Waals surface area contributed by atoms with E-state index in [1.807, 2.05) is 50.2 Å². The zero-order chi connectivity index (χ0) is 12.3. The van der Waals surface area contributed by atoms with Gasteiger partial charge in [-0.25, -0.2) is 0 Å². The topological polar surface area (TPSA) is 45.0 Å². The molecule has 0 heterocycles. The fourth-order valence-corrected chi connectivity index (χ4v) is 1.39. The maximum Gasteiger partial charge on any atom is 0.120 e. The lowest BCUT2D eigenvalue weighted by molar-refractivity contribution is 0.471. The molecule has 0 radical (unpaired) electrons. The molecule has 2 aromatic carbocycles. The lowest BCUT2D eigenvalue weighted by atomic mass is 10.2. The Balaban J connectivity index is 2.20. The van der Waals surface area contributed by atoms with Gasteiger partial charge in [-0.05, 0) is 37.6 Å². The third-order valence-corrected chi connectivity index (χ3v) is 2.51. The summed E-state index contributed by atoms with van der Waals surface area (Å²) >= 11 is 0. The summed E-state index contributed by atoms with van der Waals surface area (Å²) in [6.45, 7) is 3.87. The normalized spacial score (nSPS) is 10.9. The summed E-state index contributed by atoms with van der Waals surface area (Å²) in [6.07, 6.45) is 0. The predicted octanol–water partition coefficient (Wildman–Crippen LogP) is 4.42. The van der Waals surface area contributed by atoms with Crippen LogP contribution in [0.4, 0.5) is 11.4 Å². The van der Waals surface area contributed by atoms with Crippen molar-refractivity contribution < 1.29 is 5.11 Å². The Morgan fingerprint density at radius 3 is 2.06 bits per heavy atom. The molecule has 86 valence electrons. The molecular weight excluding hydrogens is 212 g/mol. The monoisotopic (exact) mass is 226 g/mol. The minimum atomic E-state index is 0.241. The van der Waals surface area contributed by atoms with Gasteiger partial charge in [0.1, 0.15) is 5.75 Å². The number of hydrogen-bond acceptors (Lipinski definition) is 3. The van der Waals surface area contributed by atoms with Crippen molar-refractivity contribution in [2.24, 2.45) is 10.2 Å². The van der Waals surface area contributed by atoms with Crippen molar-refractivity contribution in [1.29, 1.82) is 0 Å². The van der Waals surface area contributed by atoms with Crippen molar-refractivity contribution in [2.45, 2.75) is 13.8 Å². The van der Waals surface area contributed by atoms with Gasteiger partial charge in [-0.15, -0.1) is 0 Å². The molecule has 0 spiro atoms. The Kier molecular flexibility index (Phi) is 3.19. The molecule has 0 saturated carbocycles. The molecule has 0 amide bonds. The van der Waals surface area contributed by atoms with Gasteiger partial charge in [-0.2, -0.15) is 10.2 Å². The second-order valence-corrected chi connectivity index (χ2v) is 4.01. The summed E-state index contributed by atoms with van der Waals surface area (Å²) in [5, 5.41) is 17.7. The number of phenols is 1. The Morgan fingerprint density at radius 2 is 1.41 bits per heavy atom. The third-order valence-electron chi connectivity index (χ3n) is 2.51. The van der Waals surface area contributed by atoms with E-state index in [2.05, 4.69) is 10.2 Å². The fourth-order valence-electron chi connectivity index (χ4n) is 1.39. The molecule has 0 saturated heterocycles. The van der Waals surface area contributed by atoms with Crippen LogP contribution in [0.15, 0.2) is 52.7 Å². The minimum absolute atomic E-state index is 0.241. The van der Waals surface area contributed by atoms with E-state index in [-0.39, 0.29) is 5.75 Å². The standard InChI is InChI=1S/C14H14N2O/c1-10-3-6-12(7-4-10)15-16-13-8-5-11(2)14(17)9-13/h3-9,17H,1-2H3. The summed E-state index contributed by atoms with van der Waals surface area (Å²) in [4.78, 5) is 0. The van der Waals surface area contributed by atoms with Crippen molar-refractivity contribution in [3.63, 3.8) is 0 Å².